The molecule has 0 saturated heterocycles. The lowest BCUT2D eigenvalue weighted by Gasteiger charge is -2.09. The van der Waals surface area contributed by atoms with E-state index >= 15 is 0 Å². The van der Waals surface area contributed by atoms with Gasteiger partial charge in [0.25, 0.3) is 0 Å². The molecule has 0 bridgehead atoms. The van der Waals surface area contributed by atoms with Crippen molar-refractivity contribution in [3.8, 4) is 17.0 Å². The fourth-order valence-electron chi connectivity index (χ4n) is 2.09. The van der Waals surface area contributed by atoms with Crippen LogP contribution >= 0.6 is 0 Å². The number of rotatable bonds is 3. The molecule has 2 heterocycles. The third-order valence-corrected chi connectivity index (χ3v) is 2.98. The van der Waals surface area contributed by atoms with Gasteiger partial charge in [-0.05, 0) is 31.5 Å². The normalized spacial score (nSPS) is 10.8. The van der Waals surface area contributed by atoms with Gasteiger partial charge in [0.05, 0.1) is 18.5 Å². The van der Waals surface area contributed by atoms with E-state index in [1.54, 1.807) is 12.4 Å². The van der Waals surface area contributed by atoms with E-state index in [1.807, 2.05) is 29.8 Å². The van der Waals surface area contributed by atoms with Gasteiger partial charge in [0.15, 0.2) is 5.65 Å². The van der Waals surface area contributed by atoms with Gasteiger partial charge >= 0.3 is 0 Å². The molecular formula is C15H15N3O. The summed E-state index contributed by atoms with van der Waals surface area (Å²) in [5, 5.41) is 0. The summed E-state index contributed by atoms with van der Waals surface area (Å²) in [6.45, 7) is 4.69. The van der Waals surface area contributed by atoms with E-state index in [0.29, 0.717) is 6.61 Å². The highest BCUT2D eigenvalue weighted by Gasteiger charge is 2.10. The summed E-state index contributed by atoms with van der Waals surface area (Å²) >= 11 is 0. The zero-order valence-electron chi connectivity index (χ0n) is 11.0. The SMILES string of the molecule is CCOc1cc(C)ccc1-c1cn2ccncc2n1. The second-order valence-electron chi connectivity index (χ2n) is 4.40. The molecule has 4 nitrogen and oxygen atoms in total. The van der Waals surface area contributed by atoms with Crippen molar-refractivity contribution >= 4 is 5.65 Å². The van der Waals surface area contributed by atoms with E-state index in [9.17, 15) is 0 Å². The van der Waals surface area contributed by atoms with Gasteiger partial charge in [-0.3, -0.25) is 4.98 Å². The summed E-state index contributed by atoms with van der Waals surface area (Å²) in [5.41, 5.74) is 3.92. The highest BCUT2D eigenvalue weighted by molar-refractivity contribution is 5.69. The number of hydrogen-bond acceptors (Lipinski definition) is 3. The third-order valence-electron chi connectivity index (χ3n) is 2.98. The molecule has 3 rings (SSSR count). The van der Waals surface area contributed by atoms with Crippen molar-refractivity contribution in [2.75, 3.05) is 6.61 Å². The topological polar surface area (TPSA) is 39.4 Å². The molecule has 1 aromatic carbocycles. The lowest BCUT2D eigenvalue weighted by atomic mass is 10.1. The minimum absolute atomic E-state index is 0.644. The van der Waals surface area contributed by atoms with E-state index in [2.05, 4.69) is 29.0 Å². The first-order chi connectivity index (χ1) is 9.28. The molecule has 2 aromatic heterocycles. The Kier molecular flexibility index (Phi) is 2.91. The molecule has 0 aliphatic carbocycles. The van der Waals surface area contributed by atoms with Crippen molar-refractivity contribution in [2.45, 2.75) is 13.8 Å². The van der Waals surface area contributed by atoms with Gasteiger partial charge in [0.1, 0.15) is 5.75 Å². The Bertz CT molecular complexity index is 685. The van der Waals surface area contributed by atoms with Crippen LogP contribution in [0.25, 0.3) is 16.9 Å². The lowest BCUT2D eigenvalue weighted by molar-refractivity contribution is 0.341. The van der Waals surface area contributed by atoms with Gasteiger partial charge in [0.2, 0.25) is 0 Å². The summed E-state index contributed by atoms with van der Waals surface area (Å²) in [5.74, 6) is 0.874. The number of benzene rings is 1. The molecule has 0 aliphatic rings. The highest BCUT2D eigenvalue weighted by atomic mass is 16.5. The molecule has 0 N–H and O–H groups in total. The Morgan fingerprint density at radius 3 is 3.00 bits per heavy atom. The summed E-state index contributed by atoms with van der Waals surface area (Å²) < 4.78 is 7.66. The number of ether oxygens (including phenoxy) is 1. The maximum absolute atomic E-state index is 5.70. The smallest absolute Gasteiger partial charge is 0.155 e. The standard InChI is InChI=1S/C15H15N3O/c1-3-19-14-8-11(2)4-5-12(14)13-10-18-7-6-16-9-15(18)17-13/h4-10H,3H2,1-2H3. The molecule has 0 unspecified atom stereocenters. The van der Waals surface area contributed by atoms with Crippen LogP contribution in [0, 0.1) is 6.92 Å². The van der Waals surface area contributed by atoms with Gasteiger partial charge in [-0.1, -0.05) is 6.07 Å². The van der Waals surface area contributed by atoms with E-state index < -0.39 is 0 Å². The average Bonchev–Trinajstić information content (AvgIpc) is 2.82. The van der Waals surface area contributed by atoms with Crippen LogP contribution < -0.4 is 4.74 Å². The van der Waals surface area contributed by atoms with Crippen LogP contribution in [-0.4, -0.2) is 21.0 Å². The van der Waals surface area contributed by atoms with Gasteiger partial charge in [0, 0.05) is 24.2 Å². The van der Waals surface area contributed by atoms with E-state index in [4.69, 9.17) is 4.74 Å². The molecule has 0 spiro atoms. The number of fused-ring (bicyclic) bond motifs is 1. The predicted octanol–water partition coefficient (Wildman–Crippen LogP) is 3.10. The summed E-state index contributed by atoms with van der Waals surface area (Å²) in [6, 6.07) is 6.16. The Labute approximate surface area is 111 Å². The van der Waals surface area contributed by atoms with E-state index in [1.165, 1.54) is 5.56 Å². The van der Waals surface area contributed by atoms with E-state index in [0.717, 1.165) is 22.7 Å². The second kappa shape index (κ2) is 4.72. The molecule has 0 amide bonds. The van der Waals surface area contributed by atoms with Crippen molar-refractivity contribution in [1.29, 1.82) is 0 Å². The minimum Gasteiger partial charge on any atom is -0.493 e. The van der Waals surface area contributed by atoms with Crippen LogP contribution in [0.15, 0.2) is 43.0 Å². The third kappa shape index (κ3) is 2.17. The summed E-state index contributed by atoms with van der Waals surface area (Å²) in [6.07, 6.45) is 7.37. The zero-order chi connectivity index (χ0) is 13.2. The summed E-state index contributed by atoms with van der Waals surface area (Å²) in [4.78, 5) is 8.65. The molecule has 0 atom stereocenters. The Hall–Kier alpha value is -2.36. The largest absolute Gasteiger partial charge is 0.493 e. The quantitative estimate of drug-likeness (QED) is 0.720. The van der Waals surface area contributed by atoms with Crippen LogP contribution in [0.4, 0.5) is 0 Å². The zero-order valence-corrected chi connectivity index (χ0v) is 11.0. The van der Waals surface area contributed by atoms with Gasteiger partial charge in [-0.25, -0.2) is 4.98 Å². The first-order valence-electron chi connectivity index (χ1n) is 6.30. The van der Waals surface area contributed by atoms with Crippen LogP contribution in [0.5, 0.6) is 5.75 Å². The highest BCUT2D eigenvalue weighted by Crippen LogP contribution is 2.30. The maximum Gasteiger partial charge on any atom is 0.155 e. The Morgan fingerprint density at radius 2 is 2.21 bits per heavy atom. The van der Waals surface area contributed by atoms with Crippen LogP contribution in [-0.2, 0) is 0 Å². The number of imidazole rings is 1. The first-order valence-corrected chi connectivity index (χ1v) is 6.30. The van der Waals surface area contributed by atoms with Crippen molar-refractivity contribution in [3.05, 3.63) is 48.5 Å². The van der Waals surface area contributed by atoms with Crippen LogP contribution in [0.2, 0.25) is 0 Å². The fraction of sp³-hybridized carbons (Fsp3) is 0.200. The molecule has 0 radical (unpaired) electrons. The second-order valence-corrected chi connectivity index (χ2v) is 4.40. The summed E-state index contributed by atoms with van der Waals surface area (Å²) in [7, 11) is 0. The number of aryl methyl sites for hydroxylation is 1. The molecule has 0 fully saturated rings. The Morgan fingerprint density at radius 1 is 1.32 bits per heavy atom. The van der Waals surface area contributed by atoms with Gasteiger partial charge < -0.3 is 9.14 Å². The fourth-order valence-corrected chi connectivity index (χ4v) is 2.09. The first kappa shape index (κ1) is 11.7. The van der Waals surface area contributed by atoms with Crippen molar-refractivity contribution < 1.29 is 4.74 Å². The average molecular weight is 253 g/mol. The lowest BCUT2D eigenvalue weighted by Crippen LogP contribution is -1.94. The number of hydrogen-bond donors (Lipinski definition) is 0. The van der Waals surface area contributed by atoms with Gasteiger partial charge in [-0.2, -0.15) is 0 Å². The molecule has 4 heteroatoms. The molecule has 19 heavy (non-hydrogen) atoms. The van der Waals surface area contributed by atoms with Crippen molar-refractivity contribution in [3.63, 3.8) is 0 Å². The van der Waals surface area contributed by atoms with Crippen LogP contribution in [0.1, 0.15) is 12.5 Å². The number of aromatic nitrogens is 3. The minimum atomic E-state index is 0.644. The maximum atomic E-state index is 5.70. The Balaban J connectivity index is 2.14. The molecule has 3 aromatic rings. The molecule has 96 valence electrons. The molecule has 0 aliphatic heterocycles. The molecular weight excluding hydrogens is 238 g/mol. The molecule has 0 saturated carbocycles. The van der Waals surface area contributed by atoms with Crippen molar-refractivity contribution in [2.24, 2.45) is 0 Å². The van der Waals surface area contributed by atoms with Crippen LogP contribution in [0.3, 0.4) is 0 Å². The number of nitrogens with zero attached hydrogens (tertiary/aromatic N) is 3. The van der Waals surface area contributed by atoms with Gasteiger partial charge in [-0.15, -0.1) is 0 Å². The van der Waals surface area contributed by atoms with Crippen molar-refractivity contribution in [1.82, 2.24) is 14.4 Å². The van der Waals surface area contributed by atoms with E-state index in [-0.39, 0.29) is 0 Å². The monoisotopic (exact) mass is 253 g/mol. The predicted molar refractivity (Wildman–Crippen MR) is 74.3 cm³/mol.